The van der Waals surface area contributed by atoms with E-state index < -0.39 is 0 Å². The fraction of sp³-hybridized carbons (Fsp3) is 0.111. The Hall–Kier alpha value is -1.20. The number of nitrogens with zero attached hydrogens (tertiary/aromatic N) is 3. The van der Waals surface area contributed by atoms with Crippen LogP contribution in [0.25, 0.3) is 0 Å². The minimum absolute atomic E-state index is 0.628. The van der Waals surface area contributed by atoms with Crippen LogP contribution in [0.4, 0.5) is 5.69 Å². The second-order valence-corrected chi connectivity index (χ2v) is 4.31. The van der Waals surface area contributed by atoms with Gasteiger partial charge in [0.15, 0.2) is 5.16 Å². The molecule has 0 saturated carbocycles. The molecule has 2 N–H and O–H groups in total. The molecular weight excluding hydrogens is 232 g/mol. The molecular formula is C9H9ClN4S. The molecule has 2 rings (SSSR count). The van der Waals surface area contributed by atoms with E-state index >= 15 is 0 Å². The number of hydrogen-bond donors (Lipinski definition) is 1. The van der Waals surface area contributed by atoms with Crippen LogP contribution < -0.4 is 5.73 Å². The number of nitrogens with two attached hydrogens (primary N) is 1. The van der Waals surface area contributed by atoms with Gasteiger partial charge in [-0.25, -0.2) is 9.67 Å². The van der Waals surface area contributed by atoms with Gasteiger partial charge in [0.1, 0.15) is 6.33 Å². The van der Waals surface area contributed by atoms with Gasteiger partial charge in [-0.05, 0) is 23.9 Å². The number of hydrogen-bond acceptors (Lipinski definition) is 4. The van der Waals surface area contributed by atoms with Gasteiger partial charge < -0.3 is 5.73 Å². The SMILES string of the molecule is Cn1ncnc1Sc1c(N)cccc1Cl. The van der Waals surface area contributed by atoms with E-state index in [2.05, 4.69) is 10.1 Å². The first-order valence-corrected chi connectivity index (χ1v) is 5.44. The van der Waals surface area contributed by atoms with Crippen molar-refractivity contribution in [1.82, 2.24) is 14.8 Å². The van der Waals surface area contributed by atoms with Gasteiger partial charge in [0.25, 0.3) is 0 Å². The maximum absolute atomic E-state index is 6.04. The van der Waals surface area contributed by atoms with Gasteiger partial charge in [0.05, 0.1) is 9.92 Å². The maximum atomic E-state index is 6.04. The van der Waals surface area contributed by atoms with Crippen molar-refractivity contribution in [3.8, 4) is 0 Å². The van der Waals surface area contributed by atoms with Crippen LogP contribution in [0.5, 0.6) is 0 Å². The number of halogens is 1. The van der Waals surface area contributed by atoms with Crippen molar-refractivity contribution in [2.75, 3.05) is 5.73 Å². The molecule has 0 fully saturated rings. The lowest BCUT2D eigenvalue weighted by Crippen LogP contribution is -1.94. The highest BCUT2D eigenvalue weighted by atomic mass is 35.5. The first-order valence-electron chi connectivity index (χ1n) is 4.24. The predicted molar refractivity (Wildman–Crippen MR) is 61.0 cm³/mol. The van der Waals surface area contributed by atoms with E-state index in [4.69, 9.17) is 17.3 Å². The quantitative estimate of drug-likeness (QED) is 0.818. The van der Waals surface area contributed by atoms with Crippen LogP contribution in [0.2, 0.25) is 5.02 Å². The smallest absolute Gasteiger partial charge is 0.190 e. The van der Waals surface area contributed by atoms with Gasteiger partial charge in [-0.1, -0.05) is 17.7 Å². The summed E-state index contributed by atoms with van der Waals surface area (Å²) in [5.41, 5.74) is 6.47. The Morgan fingerprint density at radius 2 is 2.27 bits per heavy atom. The van der Waals surface area contributed by atoms with E-state index in [0.29, 0.717) is 10.7 Å². The predicted octanol–water partition coefficient (Wildman–Crippen LogP) is 2.20. The molecule has 6 heteroatoms. The summed E-state index contributed by atoms with van der Waals surface area (Å²) in [6, 6.07) is 5.43. The molecule has 0 saturated heterocycles. The summed E-state index contributed by atoms with van der Waals surface area (Å²) >= 11 is 7.45. The Bertz CT molecular complexity index is 462. The zero-order chi connectivity index (χ0) is 10.8. The molecule has 0 radical (unpaired) electrons. The number of benzene rings is 1. The molecule has 0 unspecified atom stereocenters. The van der Waals surface area contributed by atoms with Crippen LogP contribution in [0.1, 0.15) is 0 Å². The van der Waals surface area contributed by atoms with E-state index in [1.54, 1.807) is 10.7 Å². The van der Waals surface area contributed by atoms with E-state index in [1.165, 1.54) is 18.1 Å². The monoisotopic (exact) mass is 240 g/mol. The molecule has 0 aliphatic rings. The summed E-state index contributed by atoms with van der Waals surface area (Å²) in [6.45, 7) is 0. The molecule has 15 heavy (non-hydrogen) atoms. The summed E-state index contributed by atoms with van der Waals surface area (Å²) < 4.78 is 1.67. The van der Waals surface area contributed by atoms with Gasteiger partial charge in [-0.15, -0.1) is 0 Å². The lowest BCUT2D eigenvalue weighted by atomic mass is 10.3. The Morgan fingerprint density at radius 3 is 2.87 bits per heavy atom. The Kier molecular flexibility index (Phi) is 2.83. The highest BCUT2D eigenvalue weighted by molar-refractivity contribution is 7.99. The van der Waals surface area contributed by atoms with Crippen molar-refractivity contribution in [2.24, 2.45) is 7.05 Å². The topological polar surface area (TPSA) is 56.7 Å². The summed E-state index contributed by atoms with van der Waals surface area (Å²) in [6.07, 6.45) is 1.50. The van der Waals surface area contributed by atoms with Crippen LogP contribution >= 0.6 is 23.4 Å². The molecule has 0 amide bonds. The highest BCUT2D eigenvalue weighted by Crippen LogP contribution is 2.35. The third-order valence-electron chi connectivity index (χ3n) is 1.86. The van der Waals surface area contributed by atoms with Crippen LogP contribution in [-0.4, -0.2) is 14.8 Å². The van der Waals surface area contributed by atoms with Crippen molar-refractivity contribution < 1.29 is 0 Å². The largest absolute Gasteiger partial charge is 0.398 e. The molecule has 2 aromatic rings. The average Bonchev–Trinajstić information content (AvgIpc) is 2.58. The van der Waals surface area contributed by atoms with Crippen LogP contribution in [-0.2, 0) is 7.05 Å². The number of aromatic nitrogens is 3. The van der Waals surface area contributed by atoms with Gasteiger partial charge in [-0.2, -0.15) is 5.10 Å². The molecule has 1 heterocycles. The summed E-state index contributed by atoms with van der Waals surface area (Å²) in [5, 5.41) is 5.36. The Balaban J connectivity index is 2.36. The third kappa shape index (κ3) is 2.08. The number of rotatable bonds is 2. The second kappa shape index (κ2) is 4.12. The Labute approximate surface area is 96.4 Å². The van der Waals surface area contributed by atoms with Gasteiger partial charge in [-0.3, -0.25) is 0 Å². The lowest BCUT2D eigenvalue weighted by molar-refractivity contribution is 0.685. The lowest BCUT2D eigenvalue weighted by Gasteiger charge is -2.05. The van der Waals surface area contributed by atoms with Crippen molar-refractivity contribution in [2.45, 2.75) is 10.1 Å². The van der Waals surface area contributed by atoms with Crippen LogP contribution in [0.15, 0.2) is 34.6 Å². The first-order chi connectivity index (χ1) is 7.18. The molecule has 1 aromatic heterocycles. The van der Waals surface area contributed by atoms with Crippen molar-refractivity contribution >= 4 is 29.1 Å². The second-order valence-electron chi connectivity index (χ2n) is 2.93. The number of nitrogen functional groups attached to an aromatic ring is 1. The minimum Gasteiger partial charge on any atom is -0.398 e. The number of aryl methyl sites for hydroxylation is 1. The standard InChI is InChI=1S/C9H9ClN4S/c1-14-9(12-5-13-14)15-8-6(10)3-2-4-7(8)11/h2-5H,11H2,1H3. The molecule has 0 spiro atoms. The molecule has 1 aromatic carbocycles. The van der Waals surface area contributed by atoms with E-state index in [-0.39, 0.29) is 0 Å². The van der Waals surface area contributed by atoms with E-state index in [9.17, 15) is 0 Å². The first kappa shape index (κ1) is 10.3. The van der Waals surface area contributed by atoms with Gasteiger partial charge in [0, 0.05) is 12.7 Å². The summed E-state index contributed by atoms with van der Waals surface area (Å²) in [7, 11) is 1.82. The fourth-order valence-electron chi connectivity index (χ4n) is 1.10. The normalized spacial score (nSPS) is 10.5. The molecule has 4 nitrogen and oxygen atoms in total. The number of anilines is 1. The zero-order valence-electron chi connectivity index (χ0n) is 8.01. The van der Waals surface area contributed by atoms with Crippen molar-refractivity contribution in [1.29, 1.82) is 0 Å². The molecule has 78 valence electrons. The summed E-state index contributed by atoms with van der Waals surface area (Å²) in [5.74, 6) is 0. The molecule has 0 atom stereocenters. The minimum atomic E-state index is 0.628. The summed E-state index contributed by atoms with van der Waals surface area (Å²) in [4.78, 5) is 4.91. The zero-order valence-corrected chi connectivity index (χ0v) is 9.59. The van der Waals surface area contributed by atoms with Crippen molar-refractivity contribution in [3.63, 3.8) is 0 Å². The molecule has 0 aliphatic carbocycles. The van der Waals surface area contributed by atoms with E-state index in [0.717, 1.165) is 10.1 Å². The van der Waals surface area contributed by atoms with Crippen molar-refractivity contribution in [3.05, 3.63) is 29.5 Å². The molecule has 0 aliphatic heterocycles. The maximum Gasteiger partial charge on any atom is 0.190 e. The highest BCUT2D eigenvalue weighted by Gasteiger charge is 2.09. The fourth-order valence-corrected chi connectivity index (χ4v) is 2.21. The third-order valence-corrected chi connectivity index (χ3v) is 3.50. The van der Waals surface area contributed by atoms with Crippen LogP contribution in [0.3, 0.4) is 0 Å². The van der Waals surface area contributed by atoms with Gasteiger partial charge in [0.2, 0.25) is 0 Å². The van der Waals surface area contributed by atoms with Crippen LogP contribution in [0, 0.1) is 0 Å². The average molecular weight is 241 g/mol. The Morgan fingerprint density at radius 1 is 1.47 bits per heavy atom. The van der Waals surface area contributed by atoms with E-state index in [1.807, 2.05) is 19.2 Å². The van der Waals surface area contributed by atoms with Gasteiger partial charge >= 0.3 is 0 Å². The molecule has 0 bridgehead atoms.